The van der Waals surface area contributed by atoms with Crippen LogP contribution in [0.4, 0.5) is 0 Å². The molecule has 1 fully saturated rings. The van der Waals surface area contributed by atoms with Crippen molar-refractivity contribution in [2.45, 2.75) is 37.8 Å². The summed E-state index contributed by atoms with van der Waals surface area (Å²) in [6, 6.07) is 9.54. The molecule has 2 atom stereocenters. The quantitative estimate of drug-likeness (QED) is 0.359. The fraction of sp³-hybridized carbons (Fsp3) is 0.385. The molecule has 0 radical (unpaired) electrons. The van der Waals surface area contributed by atoms with E-state index in [0.717, 1.165) is 25.7 Å². The van der Waals surface area contributed by atoms with Crippen LogP contribution in [0, 0.1) is 0 Å². The number of ether oxygens (including phenoxy) is 4. The van der Waals surface area contributed by atoms with Crippen LogP contribution in [0.5, 0.6) is 23.0 Å². The summed E-state index contributed by atoms with van der Waals surface area (Å²) in [7, 11) is 6.06. The van der Waals surface area contributed by atoms with Crippen LogP contribution in [-0.4, -0.2) is 62.6 Å². The topological polar surface area (TPSA) is 119 Å². The molecule has 3 rings (SSSR count). The van der Waals surface area contributed by atoms with Crippen molar-refractivity contribution in [3.63, 3.8) is 0 Å². The van der Waals surface area contributed by atoms with Gasteiger partial charge in [0.25, 0.3) is 11.8 Å². The van der Waals surface area contributed by atoms with Crippen LogP contribution < -0.4 is 40.2 Å². The summed E-state index contributed by atoms with van der Waals surface area (Å²) in [6.45, 7) is 0. The van der Waals surface area contributed by atoms with Gasteiger partial charge in [-0.3, -0.25) is 20.2 Å². The Hall–Kier alpha value is -3.64. The summed E-state index contributed by atoms with van der Waals surface area (Å²) in [5, 5.41) is 12.3. The van der Waals surface area contributed by atoms with Crippen molar-refractivity contribution in [1.29, 1.82) is 0 Å². The Morgan fingerprint density at radius 2 is 1.03 bits per heavy atom. The van der Waals surface area contributed by atoms with E-state index in [0.29, 0.717) is 34.1 Å². The lowest BCUT2D eigenvalue weighted by molar-refractivity contribution is 0.0966. The summed E-state index contributed by atoms with van der Waals surface area (Å²) in [5.41, 5.74) is 0.758. The number of hydrogen-bond acceptors (Lipinski definition) is 8. The number of methoxy groups -OCH3 is 4. The van der Waals surface area contributed by atoms with Crippen LogP contribution in [0.3, 0.4) is 0 Å². The van der Waals surface area contributed by atoms with Crippen molar-refractivity contribution in [2.75, 3.05) is 28.4 Å². The third kappa shape index (κ3) is 7.45. The predicted molar refractivity (Wildman–Crippen MR) is 152 cm³/mol. The zero-order chi connectivity index (χ0) is 27.7. The fourth-order valence-electron chi connectivity index (χ4n) is 4.19. The average Bonchev–Trinajstić information content (AvgIpc) is 2.92. The van der Waals surface area contributed by atoms with Crippen LogP contribution in [0.15, 0.2) is 36.4 Å². The fourth-order valence-corrected chi connectivity index (χ4v) is 4.68. The van der Waals surface area contributed by atoms with E-state index in [4.69, 9.17) is 43.4 Å². The Labute approximate surface area is 232 Å². The lowest BCUT2D eigenvalue weighted by atomic mass is 9.90. The number of carbonyl (C=O) groups is 2. The zero-order valence-electron chi connectivity index (χ0n) is 21.7. The second kappa shape index (κ2) is 13.8. The molecule has 2 aromatic carbocycles. The molecule has 2 aromatic rings. The summed E-state index contributed by atoms with van der Waals surface area (Å²) >= 11 is 10.8. The standard InChI is InChI=1S/C26H32N4O6S2/c1-33-19-11-9-15(13-21(19)35-3)23(31)29-25(37)27-17-7-5-6-8-18(17)28-26(38)30-24(32)16-10-12-20(34-2)22(14-16)36-4/h9-14,17-18H,5-8H2,1-4H3,(H2,27,29,31,37)(H2,28,30,32,38)/t17-,18-/m1/s1. The smallest absolute Gasteiger partial charge is 0.257 e. The molecule has 2 amide bonds. The second-order valence-electron chi connectivity index (χ2n) is 8.49. The van der Waals surface area contributed by atoms with Gasteiger partial charge >= 0.3 is 0 Å². The zero-order valence-corrected chi connectivity index (χ0v) is 23.3. The molecule has 0 saturated heterocycles. The molecule has 10 nitrogen and oxygen atoms in total. The van der Waals surface area contributed by atoms with Gasteiger partial charge in [0, 0.05) is 23.2 Å². The number of thiocarbonyl (C=S) groups is 2. The minimum Gasteiger partial charge on any atom is -0.493 e. The molecule has 0 spiro atoms. The molecule has 0 unspecified atom stereocenters. The molecule has 0 aromatic heterocycles. The van der Waals surface area contributed by atoms with Gasteiger partial charge < -0.3 is 29.6 Å². The Morgan fingerprint density at radius 1 is 0.658 bits per heavy atom. The molecular formula is C26H32N4O6S2. The summed E-state index contributed by atoms with van der Waals surface area (Å²) < 4.78 is 21.0. The maximum absolute atomic E-state index is 12.7. The highest BCUT2D eigenvalue weighted by Gasteiger charge is 2.27. The van der Waals surface area contributed by atoms with Crippen molar-refractivity contribution < 1.29 is 28.5 Å². The van der Waals surface area contributed by atoms with E-state index in [1.165, 1.54) is 28.4 Å². The Kier molecular flexibility index (Phi) is 10.5. The van der Waals surface area contributed by atoms with Crippen LogP contribution in [-0.2, 0) is 0 Å². The van der Waals surface area contributed by atoms with Gasteiger partial charge in [-0.2, -0.15) is 0 Å². The molecule has 4 N–H and O–H groups in total. The molecule has 0 bridgehead atoms. The van der Waals surface area contributed by atoms with Gasteiger partial charge in [-0.15, -0.1) is 0 Å². The normalized spacial score (nSPS) is 16.4. The third-order valence-corrected chi connectivity index (χ3v) is 6.58. The first-order chi connectivity index (χ1) is 18.3. The highest BCUT2D eigenvalue weighted by Crippen LogP contribution is 2.28. The van der Waals surface area contributed by atoms with Crippen molar-refractivity contribution in [1.82, 2.24) is 21.3 Å². The van der Waals surface area contributed by atoms with Gasteiger partial charge in [-0.05, 0) is 73.7 Å². The molecule has 1 saturated carbocycles. The third-order valence-electron chi connectivity index (χ3n) is 6.14. The summed E-state index contributed by atoms with van der Waals surface area (Å²) in [6.07, 6.45) is 3.62. The first-order valence-electron chi connectivity index (χ1n) is 12.0. The van der Waals surface area contributed by atoms with E-state index < -0.39 is 0 Å². The van der Waals surface area contributed by atoms with Crippen LogP contribution >= 0.6 is 24.4 Å². The highest BCUT2D eigenvalue weighted by molar-refractivity contribution is 7.80. The minimum absolute atomic E-state index is 0.0992. The lowest BCUT2D eigenvalue weighted by Crippen LogP contribution is -2.57. The molecule has 38 heavy (non-hydrogen) atoms. The van der Waals surface area contributed by atoms with Crippen molar-refractivity contribution in [3.05, 3.63) is 47.5 Å². The largest absolute Gasteiger partial charge is 0.493 e. The van der Waals surface area contributed by atoms with Gasteiger partial charge in [-0.25, -0.2) is 0 Å². The molecule has 204 valence electrons. The van der Waals surface area contributed by atoms with Crippen LogP contribution in [0.25, 0.3) is 0 Å². The molecule has 0 aliphatic heterocycles. The number of hydrogen-bond donors (Lipinski definition) is 4. The van der Waals surface area contributed by atoms with E-state index in [1.54, 1.807) is 36.4 Å². The van der Waals surface area contributed by atoms with E-state index in [-0.39, 0.29) is 34.1 Å². The highest BCUT2D eigenvalue weighted by atomic mass is 32.1. The van der Waals surface area contributed by atoms with Gasteiger partial charge in [0.2, 0.25) is 0 Å². The van der Waals surface area contributed by atoms with E-state index >= 15 is 0 Å². The second-order valence-corrected chi connectivity index (χ2v) is 9.31. The maximum atomic E-state index is 12.7. The van der Waals surface area contributed by atoms with E-state index in [2.05, 4.69) is 21.3 Å². The number of carbonyl (C=O) groups excluding carboxylic acids is 2. The van der Waals surface area contributed by atoms with E-state index in [9.17, 15) is 9.59 Å². The van der Waals surface area contributed by atoms with Gasteiger partial charge in [-0.1, -0.05) is 12.8 Å². The lowest BCUT2D eigenvalue weighted by Gasteiger charge is -2.34. The summed E-state index contributed by atoms with van der Waals surface area (Å²) in [4.78, 5) is 25.5. The number of benzene rings is 2. The van der Waals surface area contributed by atoms with Crippen LogP contribution in [0.2, 0.25) is 0 Å². The molecule has 1 aliphatic carbocycles. The molecule has 1 aliphatic rings. The maximum Gasteiger partial charge on any atom is 0.257 e. The monoisotopic (exact) mass is 560 g/mol. The SMILES string of the molecule is COc1ccc(C(=O)NC(=S)N[C@@H]2CCCC[C@H]2NC(=S)NC(=O)c2ccc(OC)c(OC)c2)cc1OC. The number of amides is 2. The van der Waals surface area contributed by atoms with Crippen molar-refractivity contribution >= 4 is 46.5 Å². The van der Waals surface area contributed by atoms with Crippen molar-refractivity contribution in [2.24, 2.45) is 0 Å². The minimum atomic E-state index is -0.374. The van der Waals surface area contributed by atoms with Gasteiger partial charge in [0.1, 0.15) is 0 Å². The molecule has 12 heteroatoms. The predicted octanol–water partition coefficient (Wildman–Crippen LogP) is 2.94. The Bertz CT molecular complexity index is 1100. The average molecular weight is 561 g/mol. The molecular weight excluding hydrogens is 528 g/mol. The van der Waals surface area contributed by atoms with Crippen LogP contribution in [0.1, 0.15) is 46.4 Å². The van der Waals surface area contributed by atoms with Crippen molar-refractivity contribution in [3.8, 4) is 23.0 Å². The Morgan fingerprint density at radius 3 is 1.37 bits per heavy atom. The Balaban J connectivity index is 1.57. The number of rotatable bonds is 8. The first-order valence-corrected chi connectivity index (χ1v) is 12.8. The van der Waals surface area contributed by atoms with Gasteiger partial charge in [0.05, 0.1) is 28.4 Å². The summed E-state index contributed by atoms with van der Waals surface area (Å²) in [5.74, 6) is 1.19. The number of nitrogens with one attached hydrogen (secondary N) is 4. The molecule has 0 heterocycles. The van der Waals surface area contributed by atoms with Gasteiger partial charge in [0.15, 0.2) is 33.2 Å². The first kappa shape index (κ1) is 28.9. The van der Waals surface area contributed by atoms with E-state index in [1.807, 2.05) is 0 Å².